The van der Waals surface area contributed by atoms with Crippen molar-refractivity contribution in [1.82, 2.24) is 0 Å². The molecule has 0 aromatic carbocycles. The molecular formula is C12H26O2Si. The van der Waals surface area contributed by atoms with Crippen LogP contribution >= 0.6 is 0 Å². The van der Waals surface area contributed by atoms with E-state index in [4.69, 9.17) is 9.53 Å². The summed E-state index contributed by atoms with van der Waals surface area (Å²) in [6.45, 7) is 15.7. The van der Waals surface area contributed by atoms with Crippen molar-refractivity contribution in [2.75, 3.05) is 13.2 Å². The number of hydrogen-bond donors (Lipinski definition) is 1. The van der Waals surface area contributed by atoms with Crippen molar-refractivity contribution in [3.05, 3.63) is 12.7 Å². The Balaban J connectivity index is 4.18. The highest BCUT2D eigenvalue weighted by molar-refractivity contribution is 6.74. The van der Waals surface area contributed by atoms with E-state index in [1.807, 2.05) is 6.08 Å². The van der Waals surface area contributed by atoms with E-state index in [1.165, 1.54) is 0 Å². The molecule has 0 rings (SSSR count). The summed E-state index contributed by atoms with van der Waals surface area (Å²) >= 11 is 0. The van der Waals surface area contributed by atoms with Crippen LogP contribution in [0.5, 0.6) is 0 Å². The van der Waals surface area contributed by atoms with Crippen molar-refractivity contribution in [2.24, 2.45) is 5.92 Å². The Morgan fingerprint density at radius 1 is 1.40 bits per heavy atom. The van der Waals surface area contributed by atoms with E-state index in [-0.39, 0.29) is 17.6 Å². The maximum absolute atomic E-state index is 9.14. The molecule has 0 aliphatic rings. The van der Waals surface area contributed by atoms with Gasteiger partial charge in [0.15, 0.2) is 8.32 Å². The molecule has 2 nitrogen and oxygen atoms in total. The lowest BCUT2D eigenvalue weighted by Crippen LogP contribution is -2.42. The zero-order valence-corrected chi connectivity index (χ0v) is 11.8. The van der Waals surface area contributed by atoms with Crippen LogP contribution in [0.25, 0.3) is 0 Å². The smallest absolute Gasteiger partial charge is 0.191 e. The minimum Gasteiger partial charge on any atom is -0.416 e. The van der Waals surface area contributed by atoms with Crippen LogP contribution in [-0.2, 0) is 4.43 Å². The van der Waals surface area contributed by atoms with E-state index in [1.54, 1.807) is 0 Å². The molecule has 0 amide bonds. The Kier molecular flexibility index (Phi) is 5.78. The van der Waals surface area contributed by atoms with Crippen molar-refractivity contribution in [3.8, 4) is 0 Å². The van der Waals surface area contributed by atoms with Gasteiger partial charge in [0, 0.05) is 19.1 Å². The fourth-order valence-corrected chi connectivity index (χ4v) is 2.06. The zero-order valence-electron chi connectivity index (χ0n) is 10.8. The van der Waals surface area contributed by atoms with Crippen LogP contribution < -0.4 is 0 Å². The molecule has 90 valence electrons. The molecule has 0 bridgehead atoms. The van der Waals surface area contributed by atoms with Crippen molar-refractivity contribution >= 4 is 8.32 Å². The molecule has 0 unspecified atom stereocenters. The fraction of sp³-hybridized carbons (Fsp3) is 0.833. The normalized spacial score (nSPS) is 15.1. The molecule has 0 saturated carbocycles. The average Bonchev–Trinajstić information content (AvgIpc) is 2.10. The quantitative estimate of drug-likeness (QED) is 0.561. The van der Waals surface area contributed by atoms with Gasteiger partial charge in [-0.05, 0) is 24.6 Å². The Bertz CT molecular complexity index is 194. The number of aliphatic hydroxyl groups excluding tert-OH is 1. The van der Waals surface area contributed by atoms with Gasteiger partial charge < -0.3 is 9.53 Å². The van der Waals surface area contributed by atoms with Crippen LogP contribution in [0, 0.1) is 5.92 Å². The molecule has 0 aliphatic carbocycles. The van der Waals surface area contributed by atoms with E-state index in [2.05, 4.69) is 40.4 Å². The van der Waals surface area contributed by atoms with Crippen molar-refractivity contribution in [1.29, 1.82) is 0 Å². The van der Waals surface area contributed by atoms with Crippen LogP contribution in [0.4, 0.5) is 0 Å². The van der Waals surface area contributed by atoms with Crippen LogP contribution in [0.1, 0.15) is 27.2 Å². The summed E-state index contributed by atoms with van der Waals surface area (Å²) in [6.07, 6.45) is 2.67. The summed E-state index contributed by atoms with van der Waals surface area (Å²) in [6, 6.07) is 0. The highest BCUT2D eigenvalue weighted by atomic mass is 28.4. The summed E-state index contributed by atoms with van der Waals surface area (Å²) in [7, 11) is -1.66. The number of hydrogen-bond acceptors (Lipinski definition) is 2. The molecule has 1 N–H and O–H groups in total. The number of rotatable bonds is 6. The van der Waals surface area contributed by atoms with Crippen LogP contribution in [0.15, 0.2) is 12.7 Å². The first-order chi connectivity index (χ1) is 6.74. The second-order valence-electron chi connectivity index (χ2n) is 5.64. The first-order valence-electron chi connectivity index (χ1n) is 5.60. The maximum Gasteiger partial charge on any atom is 0.191 e. The van der Waals surface area contributed by atoms with Crippen LogP contribution in [0.3, 0.4) is 0 Å². The molecule has 0 aromatic rings. The van der Waals surface area contributed by atoms with E-state index < -0.39 is 8.32 Å². The van der Waals surface area contributed by atoms with Gasteiger partial charge in [0.05, 0.1) is 0 Å². The standard InChI is InChI=1S/C12H26O2Si/c1-7-8-11(9-13)10-14-15(5,6)12(2,3)4/h7,11,13H,1,8-10H2,2-6H3/t11-/m1/s1. The van der Waals surface area contributed by atoms with Gasteiger partial charge in [0.2, 0.25) is 0 Å². The second kappa shape index (κ2) is 5.82. The Morgan fingerprint density at radius 2 is 1.93 bits per heavy atom. The summed E-state index contributed by atoms with van der Waals surface area (Å²) in [5.74, 6) is 0.205. The summed E-state index contributed by atoms with van der Waals surface area (Å²) in [5.41, 5.74) is 0. The first kappa shape index (κ1) is 14.9. The van der Waals surface area contributed by atoms with Gasteiger partial charge >= 0.3 is 0 Å². The first-order valence-corrected chi connectivity index (χ1v) is 8.51. The van der Waals surface area contributed by atoms with E-state index >= 15 is 0 Å². The van der Waals surface area contributed by atoms with Gasteiger partial charge in [-0.3, -0.25) is 0 Å². The molecule has 0 spiro atoms. The van der Waals surface area contributed by atoms with Gasteiger partial charge in [-0.2, -0.15) is 0 Å². The van der Waals surface area contributed by atoms with E-state index in [0.29, 0.717) is 6.61 Å². The monoisotopic (exact) mass is 230 g/mol. The molecule has 0 radical (unpaired) electrons. The van der Waals surface area contributed by atoms with Crippen molar-refractivity contribution in [3.63, 3.8) is 0 Å². The Hall–Kier alpha value is -0.123. The lowest BCUT2D eigenvalue weighted by molar-refractivity contribution is 0.155. The molecule has 0 aliphatic heterocycles. The minimum atomic E-state index is -1.66. The molecule has 0 heterocycles. The van der Waals surface area contributed by atoms with Crippen LogP contribution in [-0.4, -0.2) is 26.6 Å². The van der Waals surface area contributed by atoms with Gasteiger partial charge in [0.1, 0.15) is 0 Å². The van der Waals surface area contributed by atoms with Crippen molar-refractivity contribution in [2.45, 2.75) is 45.3 Å². The zero-order chi connectivity index (χ0) is 12.1. The molecule has 1 atom stereocenters. The predicted molar refractivity (Wildman–Crippen MR) is 68.5 cm³/mol. The molecule has 0 saturated heterocycles. The third-order valence-electron chi connectivity index (χ3n) is 3.24. The topological polar surface area (TPSA) is 29.5 Å². The van der Waals surface area contributed by atoms with Gasteiger partial charge in [-0.25, -0.2) is 0 Å². The van der Waals surface area contributed by atoms with Gasteiger partial charge in [-0.15, -0.1) is 6.58 Å². The predicted octanol–water partition coefficient (Wildman–Crippen LogP) is 3.19. The Morgan fingerprint density at radius 3 is 2.27 bits per heavy atom. The molecule has 15 heavy (non-hydrogen) atoms. The molecule has 0 fully saturated rings. The average molecular weight is 230 g/mol. The highest BCUT2D eigenvalue weighted by Crippen LogP contribution is 2.36. The summed E-state index contributed by atoms with van der Waals surface area (Å²) in [5, 5.41) is 9.38. The summed E-state index contributed by atoms with van der Waals surface area (Å²) in [4.78, 5) is 0. The number of aliphatic hydroxyl groups is 1. The van der Waals surface area contributed by atoms with Gasteiger partial charge in [-0.1, -0.05) is 26.8 Å². The largest absolute Gasteiger partial charge is 0.416 e. The van der Waals surface area contributed by atoms with Crippen molar-refractivity contribution < 1.29 is 9.53 Å². The molecular weight excluding hydrogens is 204 g/mol. The maximum atomic E-state index is 9.14. The fourth-order valence-electron chi connectivity index (χ4n) is 0.974. The van der Waals surface area contributed by atoms with Crippen LogP contribution in [0.2, 0.25) is 18.1 Å². The molecule has 0 aromatic heterocycles. The molecule has 3 heteroatoms. The third-order valence-corrected chi connectivity index (χ3v) is 7.74. The highest BCUT2D eigenvalue weighted by Gasteiger charge is 2.37. The lowest BCUT2D eigenvalue weighted by atomic mass is 10.1. The lowest BCUT2D eigenvalue weighted by Gasteiger charge is -2.37. The van der Waals surface area contributed by atoms with Gasteiger partial charge in [0.25, 0.3) is 0 Å². The van der Waals surface area contributed by atoms with E-state index in [9.17, 15) is 0 Å². The summed E-state index contributed by atoms with van der Waals surface area (Å²) < 4.78 is 6.03. The SMILES string of the molecule is C=CC[C@H](CO)CO[Si](C)(C)C(C)(C)C. The minimum absolute atomic E-state index is 0.181. The Labute approximate surface area is 95.5 Å². The second-order valence-corrected chi connectivity index (χ2v) is 10.5. The van der Waals surface area contributed by atoms with E-state index in [0.717, 1.165) is 6.42 Å². The third kappa shape index (κ3) is 4.95. The number of allylic oxidation sites excluding steroid dienone is 1.